The molecule has 0 unspecified atom stereocenters. The Balaban J connectivity index is 2.12. The van der Waals surface area contributed by atoms with E-state index in [9.17, 15) is 19.3 Å². The molecular formula is C16H14FN3O4. The summed E-state index contributed by atoms with van der Waals surface area (Å²) < 4.78 is 19.3. The van der Waals surface area contributed by atoms with Crippen LogP contribution in [0.25, 0.3) is 0 Å². The fourth-order valence-electron chi connectivity index (χ4n) is 2.74. The van der Waals surface area contributed by atoms with Crippen LogP contribution in [0.4, 0.5) is 15.8 Å². The van der Waals surface area contributed by atoms with Crippen molar-refractivity contribution in [2.75, 3.05) is 11.4 Å². The molecule has 0 spiro atoms. The van der Waals surface area contributed by atoms with E-state index in [4.69, 9.17) is 4.74 Å². The molecule has 1 aromatic heterocycles. The highest BCUT2D eigenvalue weighted by Crippen LogP contribution is 2.34. The third kappa shape index (κ3) is 2.66. The number of nitro groups is 1. The summed E-state index contributed by atoms with van der Waals surface area (Å²) in [5, 5.41) is 11.3. The van der Waals surface area contributed by atoms with Crippen molar-refractivity contribution in [3.63, 3.8) is 0 Å². The number of fused-ring (bicyclic) bond motifs is 1. The summed E-state index contributed by atoms with van der Waals surface area (Å²) in [5.74, 6) is -1.09. The van der Waals surface area contributed by atoms with Crippen LogP contribution in [0.3, 0.4) is 0 Å². The highest BCUT2D eigenvalue weighted by Gasteiger charge is 2.33. The number of pyridine rings is 1. The highest BCUT2D eigenvalue weighted by molar-refractivity contribution is 6.09. The zero-order chi connectivity index (χ0) is 17.4. The molecule has 1 aliphatic heterocycles. The summed E-state index contributed by atoms with van der Waals surface area (Å²) in [5.41, 5.74) is -0.194. The molecular weight excluding hydrogens is 317 g/mol. The van der Waals surface area contributed by atoms with Gasteiger partial charge < -0.3 is 4.74 Å². The van der Waals surface area contributed by atoms with Crippen LogP contribution in [0.2, 0.25) is 0 Å². The number of ether oxygens (including phenoxy) is 1. The predicted molar refractivity (Wildman–Crippen MR) is 83.8 cm³/mol. The Morgan fingerprint density at radius 2 is 2.25 bits per heavy atom. The van der Waals surface area contributed by atoms with Crippen LogP contribution >= 0.6 is 0 Å². The van der Waals surface area contributed by atoms with E-state index < -0.39 is 22.3 Å². The van der Waals surface area contributed by atoms with Gasteiger partial charge in [0.25, 0.3) is 11.6 Å². The molecule has 1 atom stereocenters. The molecule has 0 fully saturated rings. The molecule has 3 rings (SSSR count). The van der Waals surface area contributed by atoms with Crippen molar-refractivity contribution in [3.8, 4) is 5.88 Å². The van der Waals surface area contributed by atoms with Crippen LogP contribution in [-0.4, -0.2) is 28.5 Å². The van der Waals surface area contributed by atoms with Crippen molar-refractivity contribution in [3.05, 3.63) is 57.5 Å². The Kier molecular flexibility index (Phi) is 3.88. The van der Waals surface area contributed by atoms with Crippen molar-refractivity contribution in [1.29, 1.82) is 0 Å². The van der Waals surface area contributed by atoms with Crippen molar-refractivity contribution in [2.45, 2.75) is 20.0 Å². The standard InChI is InChI=1S/C16H14FN3O4/c1-9-6-11(17)7-12(14(9)20(22)23)16(21)19-8-10(2)24-15-13(19)4-3-5-18-15/h3-7,10H,8H2,1-2H3/t10-/m0/s1. The van der Waals surface area contributed by atoms with Crippen LogP contribution in [0, 0.1) is 22.9 Å². The minimum Gasteiger partial charge on any atom is -0.471 e. The van der Waals surface area contributed by atoms with E-state index in [1.807, 2.05) is 0 Å². The first kappa shape index (κ1) is 15.9. The molecule has 0 N–H and O–H groups in total. The normalized spacial score (nSPS) is 16.3. The Morgan fingerprint density at radius 3 is 2.96 bits per heavy atom. The minimum absolute atomic E-state index is 0.0936. The monoisotopic (exact) mass is 331 g/mol. The number of rotatable bonds is 2. The average Bonchev–Trinajstić information content (AvgIpc) is 2.52. The van der Waals surface area contributed by atoms with Gasteiger partial charge in [0.15, 0.2) is 0 Å². The predicted octanol–water partition coefficient (Wildman–Crippen LogP) is 2.87. The number of hydrogen-bond donors (Lipinski definition) is 0. The lowest BCUT2D eigenvalue weighted by atomic mass is 10.1. The van der Waals surface area contributed by atoms with Crippen LogP contribution < -0.4 is 9.64 Å². The van der Waals surface area contributed by atoms with Gasteiger partial charge in [0, 0.05) is 11.8 Å². The number of hydrogen-bond acceptors (Lipinski definition) is 5. The van der Waals surface area contributed by atoms with Gasteiger partial charge in [-0.1, -0.05) is 0 Å². The molecule has 2 aromatic rings. The molecule has 8 heteroatoms. The summed E-state index contributed by atoms with van der Waals surface area (Å²) in [6.07, 6.45) is 1.18. The summed E-state index contributed by atoms with van der Waals surface area (Å²) in [4.78, 5) is 29.0. The Morgan fingerprint density at radius 1 is 1.50 bits per heavy atom. The van der Waals surface area contributed by atoms with E-state index in [-0.39, 0.29) is 29.7 Å². The summed E-state index contributed by atoms with van der Waals surface area (Å²) in [6.45, 7) is 3.34. The second-order valence-electron chi connectivity index (χ2n) is 5.55. The molecule has 7 nitrogen and oxygen atoms in total. The second kappa shape index (κ2) is 5.88. The zero-order valence-corrected chi connectivity index (χ0v) is 13.0. The summed E-state index contributed by atoms with van der Waals surface area (Å²) in [7, 11) is 0. The van der Waals surface area contributed by atoms with E-state index in [0.717, 1.165) is 12.1 Å². The smallest absolute Gasteiger partial charge is 0.285 e. The van der Waals surface area contributed by atoms with Crippen molar-refractivity contribution in [2.24, 2.45) is 0 Å². The number of aryl methyl sites for hydroxylation is 1. The van der Waals surface area contributed by atoms with Gasteiger partial charge in [-0.15, -0.1) is 0 Å². The zero-order valence-electron chi connectivity index (χ0n) is 13.0. The molecule has 0 radical (unpaired) electrons. The molecule has 1 amide bonds. The fourth-order valence-corrected chi connectivity index (χ4v) is 2.74. The van der Waals surface area contributed by atoms with Gasteiger partial charge in [0.1, 0.15) is 23.2 Å². The third-order valence-electron chi connectivity index (χ3n) is 3.72. The minimum atomic E-state index is -0.700. The molecule has 24 heavy (non-hydrogen) atoms. The second-order valence-corrected chi connectivity index (χ2v) is 5.55. The summed E-state index contributed by atoms with van der Waals surface area (Å²) in [6, 6.07) is 5.18. The number of carbonyl (C=O) groups excluding carboxylic acids is 1. The molecule has 0 bridgehead atoms. The molecule has 1 aliphatic rings. The fraction of sp³-hybridized carbons (Fsp3) is 0.250. The largest absolute Gasteiger partial charge is 0.471 e. The van der Waals surface area contributed by atoms with Crippen molar-refractivity contribution in [1.82, 2.24) is 4.98 Å². The SMILES string of the molecule is Cc1cc(F)cc(C(=O)N2C[C@H](C)Oc3ncccc32)c1[N+](=O)[O-]. The Labute approximate surface area is 136 Å². The number of carbonyl (C=O) groups is 1. The number of nitrogens with zero attached hydrogens (tertiary/aromatic N) is 3. The molecule has 0 saturated carbocycles. The first-order chi connectivity index (χ1) is 11.4. The van der Waals surface area contributed by atoms with Gasteiger partial charge in [-0.25, -0.2) is 9.37 Å². The van der Waals surface area contributed by atoms with Gasteiger partial charge in [0.2, 0.25) is 5.88 Å². The molecule has 2 heterocycles. The maximum atomic E-state index is 13.7. The van der Waals surface area contributed by atoms with Crippen molar-refractivity contribution < 1.29 is 18.8 Å². The number of amides is 1. The van der Waals surface area contributed by atoms with Crippen LogP contribution in [0.15, 0.2) is 30.5 Å². The third-order valence-corrected chi connectivity index (χ3v) is 3.72. The number of benzene rings is 1. The molecule has 124 valence electrons. The maximum Gasteiger partial charge on any atom is 0.285 e. The van der Waals surface area contributed by atoms with Crippen LogP contribution in [0.1, 0.15) is 22.8 Å². The number of aromatic nitrogens is 1. The lowest BCUT2D eigenvalue weighted by molar-refractivity contribution is -0.385. The van der Waals surface area contributed by atoms with Gasteiger partial charge in [-0.05, 0) is 38.1 Å². The van der Waals surface area contributed by atoms with E-state index in [1.54, 1.807) is 19.1 Å². The highest BCUT2D eigenvalue weighted by atomic mass is 19.1. The average molecular weight is 331 g/mol. The van der Waals surface area contributed by atoms with E-state index in [1.165, 1.54) is 18.0 Å². The molecule has 1 aromatic carbocycles. The number of nitro benzene ring substituents is 1. The Hall–Kier alpha value is -3.03. The van der Waals surface area contributed by atoms with Gasteiger partial charge in [0.05, 0.1) is 11.5 Å². The van der Waals surface area contributed by atoms with Gasteiger partial charge >= 0.3 is 0 Å². The Bertz CT molecular complexity index is 840. The molecule has 0 aliphatic carbocycles. The van der Waals surface area contributed by atoms with Crippen LogP contribution in [0.5, 0.6) is 5.88 Å². The first-order valence-electron chi connectivity index (χ1n) is 7.26. The number of halogens is 1. The summed E-state index contributed by atoms with van der Waals surface area (Å²) >= 11 is 0. The van der Waals surface area contributed by atoms with E-state index in [2.05, 4.69) is 4.98 Å². The lowest BCUT2D eigenvalue weighted by Crippen LogP contribution is -2.42. The first-order valence-corrected chi connectivity index (χ1v) is 7.26. The van der Waals surface area contributed by atoms with E-state index >= 15 is 0 Å². The van der Waals surface area contributed by atoms with Crippen LogP contribution in [-0.2, 0) is 0 Å². The number of anilines is 1. The maximum absolute atomic E-state index is 13.7. The topological polar surface area (TPSA) is 85.6 Å². The quantitative estimate of drug-likeness (QED) is 0.624. The molecule has 0 saturated heterocycles. The lowest BCUT2D eigenvalue weighted by Gasteiger charge is -2.32. The van der Waals surface area contributed by atoms with Gasteiger partial charge in [-0.2, -0.15) is 0 Å². The van der Waals surface area contributed by atoms with E-state index in [0.29, 0.717) is 5.69 Å². The van der Waals surface area contributed by atoms with Gasteiger partial charge in [-0.3, -0.25) is 19.8 Å². The van der Waals surface area contributed by atoms with Crippen molar-refractivity contribution >= 4 is 17.3 Å².